The number of nitrogens with one attached hydrogen (secondary N) is 3. The Bertz CT molecular complexity index is 1690. The number of ether oxygens (including phenoxy) is 3. The van der Waals surface area contributed by atoms with Crippen molar-refractivity contribution in [2.24, 2.45) is 5.92 Å². The first-order chi connectivity index (χ1) is 21.6. The number of anilines is 1. The van der Waals surface area contributed by atoms with Crippen LogP contribution in [0.15, 0.2) is 66.9 Å². The minimum atomic E-state index is -4.62. The van der Waals surface area contributed by atoms with E-state index in [4.69, 9.17) is 14.2 Å². The summed E-state index contributed by atoms with van der Waals surface area (Å²) in [6.45, 7) is 1.92. The highest BCUT2D eigenvalue weighted by Crippen LogP contribution is 2.40. The lowest BCUT2D eigenvalue weighted by molar-refractivity contribution is -0.139. The van der Waals surface area contributed by atoms with E-state index in [0.29, 0.717) is 34.9 Å². The van der Waals surface area contributed by atoms with Crippen molar-refractivity contribution in [3.8, 4) is 23.0 Å². The Morgan fingerprint density at radius 3 is 2.47 bits per heavy atom. The second-order valence-electron chi connectivity index (χ2n) is 10.3. The normalized spacial score (nSPS) is 13.7. The van der Waals surface area contributed by atoms with Crippen LogP contribution in [0.4, 0.5) is 23.2 Å². The number of pyridine rings is 1. The van der Waals surface area contributed by atoms with Crippen LogP contribution in [0, 0.1) is 11.7 Å². The lowest BCUT2D eigenvalue weighted by Gasteiger charge is -2.23. The number of methoxy groups -OCH3 is 1. The Morgan fingerprint density at radius 1 is 0.978 bits per heavy atom. The second kappa shape index (κ2) is 13.8. The Balaban J connectivity index is 1.24. The molecule has 236 valence electrons. The highest BCUT2D eigenvalue weighted by Gasteiger charge is 2.33. The van der Waals surface area contributed by atoms with E-state index in [2.05, 4.69) is 20.9 Å². The van der Waals surface area contributed by atoms with E-state index in [9.17, 15) is 22.8 Å². The van der Waals surface area contributed by atoms with Gasteiger partial charge in [0, 0.05) is 29.9 Å². The summed E-state index contributed by atoms with van der Waals surface area (Å²) >= 11 is 0. The first-order valence-electron chi connectivity index (χ1n) is 14.1. The summed E-state index contributed by atoms with van der Waals surface area (Å²) in [5, 5.41) is 8.25. The Labute approximate surface area is 255 Å². The zero-order chi connectivity index (χ0) is 32.0. The van der Waals surface area contributed by atoms with Crippen LogP contribution >= 0.6 is 0 Å². The molecule has 0 spiro atoms. The predicted octanol–water partition coefficient (Wildman–Crippen LogP) is 5.83. The first-order valence-corrected chi connectivity index (χ1v) is 14.1. The van der Waals surface area contributed by atoms with Gasteiger partial charge in [-0.1, -0.05) is 18.2 Å². The molecule has 1 aromatic heterocycles. The molecule has 9 nitrogen and oxygen atoms in total. The number of carbonyl (C=O) groups excluding carboxylic acids is 2. The molecule has 0 unspecified atom stereocenters. The van der Waals surface area contributed by atoms with E-state index < -0.39 is 35.9 Å². The molecule has 1 saturated heterocycles. The zero-order valence-corrected chi connectivity index (χ0v) is 24.2. The standard InChI is InChI=1S/C32H30F4N4O5/c1-43-29-27(44-18-19-10-13-37-14-11-19)9-7-22-25(12-15-38-28(22)29)45-26-8-6-21(16-24(26)33)40-31(42)30(41)39-17-20-4-2-3-5-23(20)32(34,35)36/h2-9,12,15-16,19,37H,10-11,13-14,17-18H2,1H3,(H,39,41)(H,40,42). The zero-order valence-electron chi connectivity index (χ0n) is 24.2. The summed E-state index contributed by atoms with van der Waals surface area (Å²) in [7, 11) is 1.51. The molecule has 2 amide bonds. The number of amides is 2. The van der Waals surface area contributed by atoms with E-state index in [1.165, 1.54) is 43.6 Å². The molecule has 1 fully saturated rings. The summed E-state index contributed by atoms with van der Waals surface area (Å²) in [4.78, 5) is 29.0. The quantitative estimate of drug-likeness (QED) is 0.159. The molecule has 45 heavy (non-hydrogen) atoms. The van der Waals surface area contributed by atoms with Crippen molar-refractivity contribution in [3.05, 3.63) is 83.8 Å². The maximum Gasteiger partial charge on any atom is 0.416 e. The van der Waals surface area contributed by atoms with Gasteiger partial charge in [0.1, 0.15) is 11.3 Å². The fraction of sp³-hybridized carbons (Fsp3) is 0.281. The predicted molar refractivity (Wildman–Crippen MR) is 158 cm³/mol. The number of benzene rings is 3. The number of piperidine rings is 1. The van der Waals surface area contributed by atoms with Crippen molar-refractivity contribution >= 4 is 28.4 Å². The van der Waals surface area contributed by atoms with Crippen molar-refractivity contribution in [3.63, 3.8) is 0 Å². The molecule has 3 N–H and O–H groups in total. The van der Waals surface area contributed by atoms with Crippen LogP contribution in [0.5, 0.6) is 23.0 Å². The Morgan fingerprint density at radius 2 is 1.73 bits per heavy atom. The lowest BCUT2D eigenvalue weighted by atomic mass is 9.99. The van der Waals surface area contributed by atoms with Gasteiger partial charge in [-0.25, -0.2) is 4.39 Å². The number of fused-ring (bicyclic) bond motifs is 1. The summed E-state index contributed by atoms with van der Waals surface area (Å²) in [5.41, 5.74) is -0.732. The number of alkyl halides is 3. The van der Waals surface area contributed by atoms with Crippen LogP contribution in [-0.4, -0.2) is 43.6 Å². The largest absolute Gasteiger partial charge is 0.491 e. The number of rotatable bonds is 9. The second-order valence-corrected chi connectivity index (χ2v) is 10.3. The number of nitrogens with zero attached hydrogens (tertiary/aromatic N) is 1. The monoisotopic (exact) mass is 626 g/mol. The number of aromatic nitrogens is 1. The average Bonchev–Trinajstić information content (AvgIpc) is 3.03. The maximum atomic E-state index is 15.1. The minimum absolute atomic E-state index is 0.0625. The molecule has 4 aromatic rings. The highest BCUT2D eigenvalue weighted by molar-refractivity contribution is 6.39. The Kier molecular flexibility index (Phi) is 9.67. The van der Waals surface area contributed by atoms with Crippen LogP contribution in [0.25, 0.3) is 10.9 Å². The van der Waals surface area contributed by atoms with Gasteiger partial charge in [0.25, 0.3) is 0 Å². The summed E-state index contributed by atoms with van der Waals surface area (Å²) in [6.07, 6.45) is -1.08. The Hall–Kier alpha value is -4.91. The smallest absolute Gasteiger partial charge is 0.416 e. The lowest BCUT2D eigenvalue weighted by Crippen LogP contribution is -2.35. The van der Waals surface area contributed by atoms with E-state index in [-0.39, 0.29) is 22.7 Å². The van der Waals surface area contributed by atoms with Crippen molar-refractivity contribution in [2.75, 3.05) is 32.1 Å². The minimum Gasteiger partial charge on any atom is -0.491 e. The van der Waals surface area contributed by atoms with Gasteiger partial charge < -0.3 is 30.2 Å². The molecule has 0 atom stereocenters. The molecule has 1 aliphatic heterocycles. The summed E-state index contributed by atoms with van der Waals surface area (Å²) in [6, 6.07) is 13.3. The SMILES string of the molecule is COc1c(OCC2CCNCC2)ccc2c(Oc3ccc(NC(=O)C(=O)NCc4ccccc4C(F)(F)F)cc3F)ccnc12. The van der Waals surface area contributed by atoms with Crippen LogP contribution < -0.4 is 30.2 Å². The van der Waals surface area contributed by atoms with Crippen LogP contribution in [0.1, 0.15) is 24.0 Å². The molecular weight excluding hydrogens is 596 g/mol. The van der Waals surface area contributed by atoms with Crippen molar-refractivity contribution in [2.45, 2.75) is 25.6 Å². The van der Waals surface area contributed by atoms with E-state index >= 15 is 4.39 Å². The molecule has 2 heterocycles. The van der Waals surface area contributed by atoms with E-state index in [0.717, 1.165) is 38.1 Å². The number of hydrogen-bond donors (Lipinski definition) is 3. The van der Waals surface area contributed by atoms with Gasteiger partial charge >= 0.3 is 18.0 Å². The molecule has 13 heteroatoms. The number of carbonyl (C=O) groups is 2. The molecule has 5 rings (SSSR count). The fourth-order valence-corrected chi connectivity index (χ4v) is 4.98. The van der Waals surface area contributed by atoms with Gasteiger partial charge in [-0.3, -0.25) is 14.6 Å². The van der Waals surface area contributed by atoms with Crippen LogP contribution in [-0.2, 0) is 22.3 Å². The molecule has 0 bridgehead atoms. The molecular formula is C32H30F4N4O5. The van der Waals surface area contributed by atoms with Gasteiger partial charge in [0.15, 0.2) is 23.1 Å². The first kappa shape index (κ1) is 31.5. The van der Waals surface area contributed by atoms with Gasteiger partial charge in [0.05, 0.1) is 19.3 Å². The van der Waals surface area contributed by atoms with Crippen LogP contribution in [0.2, 0.25) is 0 Å². The molecule has 1 aliphatic rings. The fourth-order valence-electron chi connectivity index (χ4n) is 4.98. The van der Waals surface area contributed by atoms with E-state index in [1.54, 1.807) is 18.2 Å². The van der Waals surface area contributed by atoms with Crippen LogP contribution in [0.3, 0.4) is 0 Å². The van der Waals surface area contributed by atoms with Gasteiger partial charge in [-0.15, -0.1) is 0 Å². The maximum absolute atomic E-state index is 15.1. The summed E-state index contributed by atoms with van der Waals surface area (Å²) in [5.74, 6) is -1.71. The molecule has 0 radical (unpaired) electrons. The van der Waals surface area contributed by atoms with Crippen molar-refractivity contribution < 1.29 is 41.4 Å². The van der Waals surface area contributed by atoms with Crippen molar-refractivity contribution in [1.82, 2.24) is 15.6 Å². The topological polar surface area (TPSA) is 111 Å². The number of hydrogen-bond acceptors (Lipinski definition) is 7. The molecule has 0 saturated carbocycles. The molecule has 3 aromatic carbocycles. The van der Waals surface area contributed by atoms with Gasteiger partial charge in [-0.2, -0.15) is 13.2 Å². The number of halogens is 4. The third kappa shape index (κ3) is 7.60. The van der Waals surface area contributed by atoms with E-state index in [1.807, 2.05) is 0 Å². The van der Waals surface area contributed by atoms with Gasteiger partial charge in [0.2, 0.25) is 0 Å². The van der Waals surface area contributed by atoms with Gasteiger partial charge in [-0.05, 0) is 73.8 Å². The van der Waals surface area contributed by atoms with Crippen molar-refractivity contribution in [1.29, 1.82) is 0 Å². The highest BCUT2D eigenvalue weighted by atomic mass is 19.4. The summed E-state index contributed by atoms with van der Waals surface area (Å²) < 4.78 is 72.1. The third-order valence-electron chi connectivity index (χ3n) is 7.31. The molecule has 0 aliphatic carbocycles. The third-order valence-corrected chi connectivity index (χ3v) is 7.31. The average molecular weight is 627 g/mol.